The molecule has 1 aliphatic rings. The molecule has 7 heteroatoms. The predicted molar refractivity (Wildman–Crippen MR) is 93.9 cm³/mol. The maximum Gasteiger partial charge on any atom is 0.191 e. The van der Waals surface area contributed by atoms with Crippen LogP contribution in [0.3, 0.4) is 0 Å². The van der Waals surface area contributed by atoms with Gasteiger partial charge in [-0.2, -0.15) is 11.8 Å². The van der Waals surface area contributed by atoms with Crippen LogP contribution in [0, 0.1) is 0 Å². The third-order valence-electron chi connectivity index (χ3n) is 3.45. The molecule has 0 aromatic carbocycles. The summed E-state index contributed by atoms with van der Waals surface area (Å²) in [6.07, 6.45) is 3.95. The topological polar surface area (TPSA) is 61.8 Å². The molecule has 1 saturated heterocycles. The number of nitrogens with one attached hydrogen (secondary N) is 2. The summed E-state index contributed by atoms with van der Waals surface area (Å²) in [6, 6.07) is 4.09. The molecule has 0 saturated carbocycles. The van der Waals surface area contributed by atoms with Crippen LogP contribution in [0.4, 0.5) is 5.82 Å². The fourth-order valence-corrected chi connectivity index (χ4v) is 2.61. The molecule has 2 heterocycles. The Hall–Kier alpha value is -1.47. The van der Waals surface area contributed by atoms with Gasteiger partial charge in [-0.25, -0.2) is 4.98 Å². The fourth-order valence-electron chi connectivity index (χ4n) is 2.30. The highest BCUT2D eigenvalue weighted by atomic mass is 32.2. The molecule has 0 spiro atoms. The summed E-state index contributed by atoms with van der Waals surface area (Å²) in [5.41, 5.74) is 1.18. The molecule has 0 amide bonds. The molecule has 1 aromatic rings. The first-order valence-electron chi connectivity index (χ1n) is 7.55. The number of rotatable bonds is 6. The van der Waals surface area contributed by atoms with E-state index in [0.29, 0.717) is 6.54 Å². The number of anilines is 1. The summed E-state index contributed by atoms with van der Waals surface area (Å²) in [5, 5.41) is 6.66. The van der Waals surface area contributed by atoms with Crippen molar-refractivity contribution in [2.45, 2.75) is 6.54 Å². The lowest BCUT2D eigenvalue weighted by Crippen LogP contribution is -2.40. The number of pyridine rings is 1. The Morgan fingerprint density at radius 1 is 1.41 bits per heavy atom. The second-order valence-electron chi connectivity index (χ2n) is 4.93. The summed E-state index contributed by atoms with van der Waals surface area (Å²) in [5.74, 6) is 2.93. The molecule has 0 unspecified atom stereocenters. The molecule has 1 aromatic heterocycles. The molecule has 0 atom stereocenters. The van der Waals surface area contributed by atoms with Gasteiger partial charge < -0.3 is 20.3 Å². The van der Waals surface area contributed by atoms with E-state index in [1.54, 1.807) is 7.05 Å². The fraction of sp³-hybridized carbons (Fsp3) is 0.600. The van der Waals surface area contributed by atoms with Gasteiger partial charge in [-0.15, -0.1) is 0 Å². The molecule has 22 heavy (non-hydrogen) atoms. The highest BCUT2D eigenvalue weighted by Gasteiger charge is 2.15. The third-order valence-corrected chi connectivity index (χ3v) is 4.06. The first-order chi connectivity index (χ1) is 10.8. The van der Waals surface area contributed by atoms with Crippen LogP contribution < -0.4 is 15.5 Å². The lowest BCUT2D eigenvalue weighted by Gasteiger charge is -2.29. The van der Waals surface area contributed by atoms with E-state index in [0.717, 1.165) is 50.4 Å². The molecular formula is C15H25N5OS. The number of guanidine groups is 1. The highest BCUT2D eigenvalue weighted by Crippen LogP contribution is 2.18. The smallest absolute Gasteiger partial charge is 0.191 e. The van der Waals surface area contributed by atoms with Gasteiger partial charge in [-0.1, -0.05) is 6.07 Å². The average molecular weight is 323 g/mol. The van der Waals surface area contributed by atoms with Crippen LogP contribution in [0.1, 0.15) is 5.56 Å². The zero-order valence-corrected chi connectivity index (χ0v) is 14.2. The minimum Gasteiger partial charge on any atom is -0.378 e. The number of nitrogens with zero attached hydrogens (tertiary/aromatic N) is 3. The van der Waals surface area contributed by atoms with Gasteiger partial charge >= 0.3 is 0 Å². The molecule has 0 aliphatic carbocycles. The normalized spacial score (nSPS) is 15.7. The number of hydrogen-bond donors (Lipinski definition) is 2. The third kappa shape index (κ3) is 5.06. The van der Waals surface area contributed by atoms with Gasteiger partial charge in [0.2, 0.25) is 0 Å². The zero-order chi connectivity index (χ0) is 15.6. The van der Waals surface area contributed by atoms with E-state index in [4.69, 9.17) is 4.74 Å². The second kappa shape index (κ2) is 9.53. The number of ether oxygens (including phenoxy) is 1. The highest BCUT2D eigenvalue weighted by molar-refractivity contribution is 7.98. The van der Waals surface area contributed by atoms with E-state index in [-0.39, 0.29) is 0 Å². The molecule has 2 rings (SSSR count). The van der Waals surface area contributed by atoms with E-state index >= 15 is 0 Å². The van der Waals surface area contributed by atoms with Crippen LogP contribution in [0.2, 0.25) is 0 Å². The Balaban J connectivity index is 1.94. The standard InChI is InChI=1S/C15H25N5OS/c1-16-15(18-6-11-22-2)19-12-13-4-3-5-17-14(13)20-7-9-21-10-8-20/h3-5H,6-12H2,1-2H3,(H2,16,18,19). The van der Waals surface area contributed by atoms with Crippen LogP contribution in [-0.4, -0.2) is 62.8 Å². The molecular weight excluding hydrogens is 298 g/mol. The number of hydrogen-bond acceptors (Lipinski definition) is 5. The Morgan fingerprint density at radius 3 is 2.95 bits per heavy atom. The Morgan fingerprint density at radius 2 is 2.23 bits per heavy atom. The van der Waals surface area contributed by atoms with Crippen molar-refractivity contribution in [1.82, 2.24) is 15.6 Å². The van der Waals surface area contributed by atoms with Gasteiger partial charge in [-0.05, 0) is 12.3 Å². The lowest BCUT2D eigenvalue weighted by atomic mass is 10.2. The molecule has 2 N–H and O–H groups in total. The van der Waals surface area contributed by atoms with Gasteiger partial charge in [0.1, 0.15) is 5.82 Å². The molecule has 6 nitrogen and oxygen atoms in total. The zero-order valence-electron chi connectivity index (χ0n) is 13.3. The van der Waals surface area contributed by atoms with Crippen LogP contribution in [-0.2, 0) is 11.3 Å². The molecule has 0 bridgehead atoms. The minimum atomic E-state index is 0.708. The Kier molecular flexibility index (Phi) is 7.32. The molecule has 122 valence electrons. The van der Waals surface area contributed by atoms with Gasteiger partial charge in [0.15, 0.2) is 5.96 Å². The van der Waals surface area contributed by atoms with Gasteiger partial charge in [0, 0.05) is 50.7 Å². The van der Waals surface area contributed by atoms with Gasteiger partial charge in [0.25, 0.3) is 0 Å². The predicted octanol–water partition coefficient (Wildman–Crippen LogP) is 0.946. The van der Waals surface area contributed by atoms with E-state index in [1.165, 1.54) is 5.56 Å². The van der Waals surface area contributed by atoms with Gasteiger partial charge in [-0.3, -0.25) is 4.99 Å². The second-order valence-corrected chi connectivity index (χ2v) is 5.92. The number of thioether (sulfide) groups is 1. The molecule has 1 aliphatic heterocycles. The Bertz CT molecular complexity index is 477. The summed E-state index contributed by atoms with van der Waals surface area (Å²) in [4.78, 5) is 11.1. The van der Waals surface area contributed by atoms with Crippen molar-refractivity contribution in [3.63, 3.8) is 0 Å². The Labute approximate surface area is 136 Å². The summed E-state index contributed by atoms with van der Waals surface area (Å²) in [6.45, 7) is 4.93. The average Bonchev–Trinajstić information content (AvgIpc) is 2.59. The van der Waals surface area contributed by atoms with Crippen molar-refractivity contribution in [3.8, 4) is 0 Å². The number of aromatic nitrogens is 1. The largest absolute Gasteiger partial charge is 0.378 e. The quantitative estimate of drug-likeness (QED) is 0.462. The van der Waals surface area contributed by atoms with Crippen molar-refractivity contribution in [2.24, 2.45) is 4.99 Å². The van der Waals surface area contributed by atoms with E-state index < -0.39 is 0 Å². The van der Waals surface area contributed by atoms with E-state index in [9.17, 15) is 0 Å². The minimum absolute atomic E-state index is 0.708. The van der Waals surface area contributed by atoms with Crippen LogP contribution in [0.5, 0.6) is 0 Å². The van der Waals surface area contributed by atoms with Gasteiger partial charge in [0.05, 0.1) is 13.2 Å². The number of morpholine rings is 1. The maximum atomic E-state index is 5.42. The molecule has 0 radical (unpaired) electrons. The van der Waals surface area contributed by atoms with Crippen molar-refractivity contribution < 1.29 is 4.74 Å². The van der Waals surface area contributed by atoms with Crippen LogP contribution in [0.15, 0.2) is 23.3 Å². The van der Waals surface area contributed by atoms with E-state index in [1.807, 2.05) is 24.0 Å². The van der Waals surface area contributed by atoms with Crippen molar-refractivity contribution in [1.29, 1.82) is 0 Å². The van der Waals surface area contributed by atoms with Crippen molar-refractivity contribution in [2.75, 3.05) is 56.8 Å². The SMILES string of the molecule is CN=C(NCCSC)NCc1cccnc1N1CCOCC1. The monoisotopic (exact) mass is 323 g/mol. The number of aliphatic imine (C=N–C) groups is 1. The van der Waals surface area contributed by atoms with Crippen LogP contribution in [0.25, 0.3) is 0 Å². The summed E-state index contributed by atoms with van der Waals surface area (Å²) >= 11 is 1.82. The molecule has 1 fully saturated rings. The van der Waals surface area contributed by atoms with Crippen molar-refractivity contribution >= 4 is 23.5 Å². The maximum absolute atomic E-state index is 5.42. The van der Waals surface area contributed by atoms with Crippen LogP contribution >= 0.6 is 11.8 Å². The summed E-state index contributed by atoms with van der Waals surface area (Å²) in [7, 11) is 1.79. The first-order valence-corrected chi connectivity index (χ1v) is 8.94. The van der Waals surface area contributed by atoms with Crippen molar-refractivity contribution in [3.05, 3.63) is 23.9 Å². The lowest BCUT2D eigenvalue weighted by molar-refractivity contribution is 0.122. The first kappa shape index (κ1) is 16.9. The van der Waals surface area contributed by atoms with E-state index in [2.05, 4.69) is 37.8 Å². The summed E-state index contributed by atoms with van der Waals surface area (Å²) < 4.78 is 5.42.